The lowest BCUT2D eigenvalue weighted by atomic mass is 10.0. The minimum atomic E-state index is 0.170. The molecule has 1 aliphatic carbocycles. The quantitative estimate of drug-likeness (QED) is 0.733. The van der Waals surface area contributed by atoms with Crippen molar-refractivity contribution in [1.82, 2.24) is 4.90 Å². The third-order valence-corrected chi connectivity index (χ3v) is 3.86. The van der Waals surface area contributed by atoms with Crippen molar-refractivity contribution in [2.45, 2.75) is 51.4 Å². The number of amides is 1. The molecule has 1 aliphatic heterocycles. The first kappa shape index (κ1) is 11.4. The van der Waals surface area contributed by atoms with Gasteiger partial charge in [0.25, 0.3) is 0 Å². The first-order chi connectivity index (χ1) is 7.76. The number of carbonyl (C=O) groups is 1. The number of hydrogen-bond acceptors (Lipinski definition) is 2. The molecule has 2 aliphatic rings. The summed E-state index contributed by atoms with van der Waals surface area (Å²) in [7, 11) is 0. The molecule has 2 rings (SSSR count). The van der Waals surface area contributed by atoms with Crippen LogP contribution in [0.2, 0.25) is 0 Å². The van der Waals surface area contributed by atoms with E-state index in [1.807, 2.05) is 4.90 Å². The molecule has 0 aromatic rings. The smallest absolute Gasteiger partial charge is 0.222 e. The van der Waals surface area contributed by atoms with Crippen molar-refractivity contribution in [2.24, 2.45) is 5.41 Å². The first-order valence-corrected chi connectivity index (χ1v) is 6.41. The highest BCUT2D eigenvalue weighted by atomic mass is 16.2. The molecule has 1 saturated heterocycles. The summed E-state index contributed by atoms with van der Waals surface area (Å²) in [5.41, 5.74) is 0.170. The molecular weight excluding hydrogens is 200 g/mol. The third-order valence-electron chi connectivity index (χ3n) is 3.86. The molecule has 1 heterocycles. The molecule has 0 spiro atoms. The van der Waals surface area contributed by atoms with Gasteiger partial charge in [-0.2, -0.15) is 5.26 Å². The van der Waals surface area contributed by atoms with Crippen molar-refractivity contribution in [3.05, 3.63) is 0 Å². The largest absolute Gasteiger partial charge is 0.342 e. The number of carbonyl (C=O) groups excluding carboxylic acids is 1. The van der Waals surface area contributed by atoms with Gasteiger partial charge >= 0.3 is 0 Å². The van der Waals surface area contributed by atoms with Gasteiger partial charge in [0.15, 0.2) is 0 Å². The zero-order valence-electron chi connectivity index (χ0n) is 9.87. The first-order valence-electron chi connectivity index (χ1n) is 6.41. The fourth-order valence-corrected chi connectivity index (χ4v) is 2.52. The molecule has 1 saturated carbocycles. The van der Waals surface area contributed by atoms with E-state index in [-0.39, 0.29) is 5.41 Å². The molecule has 0 atom stereocenters. The van der Waals surface area contributed by atoms with E-state index < -0.39 is 0 Å². The lowest BCUT2D eigenvalue weighted by Gasteiger charge is -2.28. The molecule has 0 N–H and O–H groups in total. The van der Waals surface area contributed by atoms with Crippen LogP contribution in [0.1, 0.15) is 51.4 Å². The predicted octanol–water partition coefficient (Wildman–Crippen LogP) is 2.47. The van der Waals surface area contributed by atoms with Crippen molar-refractivity contribution >= 4 is 5.91 Å². The van der Waals surface area contributed by atoms with E-state index in [9.17, 15) is 4.79 Å². The minimum Gasteiger partial charge on any atom is -0.342 e. The van der Waals surface area contributed by atoms with Gasteiger partial charge in [-0.3, -0.25) is 4.79 Å². The number of nitrogens with zero attached hydrogens (tertiary/aromatic N) is 2. The Morgan fingerprint density at radius 2 is 2.00 bits per heavy atom. The third kappa shape index (κ3) is 2.75. The Morgan fingerprint density at radius 3 is 2.69 bits per heavy atom. The van der Waals surface area contributed by atoms with E-state index in [2.05, 4.69) is 6.07 Å². The Morgan fingerprint density at radius 1 is 1.25 bits per heavy atom. The van der Waals surface area contributed by atoms with Crippen LogP contribution in [0, 0.1) is 16.7 Å². The Bertz CT molecular complexity index is 302. The minimum absolute atomic E-state index is 0.170. The maximum Gasteiger partial charge on any atom is 0.222 e. The Balaban J connectivity index is 1.91. The molecular formula is C13H20N2O. The summed E-state index contributed by atoms with van der Waals surface area (Å²) < 4.78 is 0. The van der Waals surface area contributed by atoms with Gasteiger partial charge in [-0.05, 0) is 25.7 Å². The predicted molar refractivity (Wildman–Crippen MR) is 61.6 cm³/mol. The topological polar surface area (TPSA) is 44.1 Å². The summed E-state index contributed by atoms with van der Waals surface area (Å²) in [4.78, 5) is 13.9. The van der Waals surface area contributed by atoms with Crippen LogP contribution >= 0.6 is 0 Å². The SMILES string of the molecule is N#CCC1(CN2CCCCCCC2=O)CC1. The highest BCUT2D eigenvalue weighted by Crippen LogP contribution is 2.49. The molecule has 0 aromatic carbocycles. The number of nitriles is 1. The second kappa shape index (κ2) is 4.86. The average molecular weight is 220 g/mol. The molecule has 2 fully saturated rings. The number of hydrogen-bond donors (Lipinski definition) is 0. The monoisotopic (exact) mass is 220 g/mol. The van der Waals surface area contributed by atoms with Crippen LogP contribution in [-0.4, -0.2) is 23.9 Å². The van der Waals surface area contributed by atoms with Gasteiger partial charge in [0.05, 0.1) is 6.07 Å². The molecule has 3 heteroatoms. The van der Waals surface area contributed by atoms with E-state index >= 15 is 0 Å². The maximum absolute atomic E-state index is 11.9. The normalized spacial score (nSPS) is 24.4. The highest BCUT2D eigenvalue weighted by molar-refractivity contribution is 5.76. The van der Waals surface area contributed by atoms with Gasteiger partial charge in [0, 0.05) is 31.3 Å². The molecule has 0 radical (unpaired) electrons. The van der Waals surface area contributed by atoms with Crippen molar-refractivity contribution in [2.75, 3.05) is 13.1 Å². The Kier molecular flexibility index (Phi) is 3.48. The standard InChI is InChI=1S/C13H20N2O/c14-9-8-13(6-7-13)11-15-10-4-2-1-3-5-12(15)16/h1-8,10-11H2. The van der Waals surface area contributed by atoms with Crippen LogP contribution in [-0.2, 0) is 4.79 Å². The van der Waals surface area contributed by atoms with Crippen molar-refractivity contribution in [3.8, 4) is 6.07 Å². The molecule has 16 heavy (non-hydrogen) atoms. The Labute approximate surface area is 97.4 Å². The molecule has 3 nitrogen and oxygen atoms in total. The average Bonchev–Trinajstić information content (AvgIpc) is 2.99. The van der Waals surface area contributed by atoms with Crippen LogP contribution in [0.5, 0.6) is 0 Å². The summed E-state index contributed by atoms with van der Waals surface area (Å²) >= 11 is 0. The van der Waals surface area contributed by atoms with Crippen LogP contribution in [0.4, 0.5) is 0 Å². The van der Waals surface area contributed by atoms with Gasteiger partial charge in [0.1, 0.15) is 0 Å². The number of rotatable bonds is 3. The van der Waals surface area contributed by atoms with Gasteiger partial charge < -0.3 is 4.90 Å². The molecule has 0 aromatic heterocycles. The summed E-state index contributed by atoms with van der Waals surface area (Å²) in [6, 6.07) is 2.26. The van der Waals surface area contributed by atoms with E-state index in [1.54, 1.807) is 0 Å². The van der Waals surface area contributed by atoms with Crippen molar-refractivity contribution in [1.29, 1.82) is 5.26 Å². The van der Waals surface area contributed by atoms with E-state index in [1.165, 1.54) is 12.8 Å². The highest BCUT2D eigenvalue weighted by Gasteiger charge is 2.44. The molecule has 0 unspecified atom stereocenters. The Hall–Kier alpha value is -1.04. The zero-order chi connectivity index (χ0) is 11.4. The summed E-state index contributed by atoms with van der Waals surface area (Å²) in [6.07, 6.45) is 8.21. The van der Waals surface area contributed by atoms with Crippen molar-refractivity contribution < 1.29 is 4.79 Å². The van der Waals surface area contributed by atoms with Gasteiger partial charge in [-0.1, -0.05) is 12.8 Å². The van der Waals surface area contributed by atoms with E-state index in [4.69, 9.17) is 5.26 Å². The fourth-order valence-electron chi connectivity index (χ4n) is 2.52. The van der Waals surface area contributed by atoms with Crippen LogP contribution in [0.15, 0.2) is 0 Å². The van der Waals surface area contributed by atoms with Crippen LogP contribution in [0.25, 0.3) is 0 Å². The fraction of sp³-hybridized carbons (Fsp3) is 0.846. The lowest BCUT2D eigenvalue weighted by molar-refractivity contribution is -0.132. The zero-order valence-corrected chi connectivity index (χ0v) is 9.87. The molecule has 88 valence electrons. The van der Waals surface area contributed by atoms with Crippen molar-refractivity contribution in [3.63, 3.8) is 0 Å². The van der Waals surface area contributed by atoms with Gasteiger partial charge in [0.2, 0.25) is 5.91 Å². The second-order valence-corrected chi connectivity index (χ2v) is 5.31. The lowest BCUT2D eigenvalue weighted by Crippen LogP contribution is -2.37. The summed E-state index contributed by atoms with van der Waals surface area (Å²) in [5, 5.41) is 8.78. The van der Waals surface area contributed by atoms with Crippen LogP contribution in [0.3, 0.4) is 0 Å². The van der Waals surface area contributed by atoms with Gasteiger partial charge in [-0.25, -0.2) is 0 Å². The van der Waals surface area contributed by atoms with E-state index in [0.29, 0.717) is 18.7 Å². The molecule has 0 bridgehead atoms. The summed E-state index contributed by atoms with van der Waals surface area (Å²) in [5.74, 6) is 0.309. The van der Waals surface area contributed by atoms with Gasteiger partial charge in [-0.15, -0.1) is 0 Å². The van der Waals surface area contributed by atoms with E-state index in [0.717, 1.165) is 38.8 Å². The molecule has 1 amide bonds. The number of likely N-dealkylation sites (tertiary alicyclic amines) is 1. The summed E-state index contributed by atoms with van der Waals surface area (Å²) in [6.45, 7) is 1.74. The second-order valence-electron chi connectivity index (χ2n) is 5.31. The maximum atomic E-state index is 11.9. The van der Waals surface area contributed by atoms with Crippen LogP contribution < -0.4 is 0 Å².